The van der Waals surface area contributed by atoms with E-state index in [1.54, 1.807) is 36.5 Å². The topological polar surface area (TPSA) is 42.4 Å². The molecule has 2 heterocycles. The van der Waals surface area contributed by atoms with Crippen molar-refractivity contribution >= 4 is 12.0 Å². The summed E-state index contributed by atoms with van der Waals surface area (Å²) in [4.78, 5) is 18.2. The SMILES string of the molecule is O=C(/C=C/c1ccc(OCc2ccc(F)cc2)nc1)N1CCCCC1. The van der Waals surface area contributed by atoms with Gasteiger partial charge in [0.05, 0.1) is 0 Å². The van der Waals surface area contributed by atoms with Crippen LogP contribution in [0, 0.1) is 5.82 Å². The molecule has 1 fully saturated rings. The fourth-order valence-corrected chi connectivity index (χ4v) is 2.70. The Hall–Kier alpha value is -2.69. The van der Waals surface area contributed by atoms with Gasteiger partial charge in [-0.25, -0.2) is 9.37 Å². The molecule has 0 spiro atoms. The number of pyridine rings is 1. The second-order valence-electron chi connectivity index (χ2n) is 6.06. The van der Waals surface area contributed by atoms with Crippen molar-refractivity contribution in [3.63, 3.8) is 0 Å². The third-order valence-electron chi connectivity index (χ3n) is 4.15. The number of piperidine rings is 1. The summed E-state index contributed by atoms with van der Waals surface area (Å²) in [5.74, 6) is 0.275. The van der Waals surface area contributed by atoms with E-state index in [1.165, 1.54) is 18.6 Å². The van der Waals surface area contributed by atoms with E-state index in [2.05, 4.69) is 4.98 Å². The number of amides is 1. The largest absolute Gasteiger partial charge is 0.473 e. The van der Waals surface area contributed by atoms with Crippen molar-refractivity contribution in [2.45, 2.75) is 25.9 Å². The van der Waals surface area contributed by atoms with Crippen LogP contribution >= 0.6 is 0 Å². The van der Waals surface area contributed by atoms with Crippen LogP contribution in [0.3, 0.4) is 0 Å². The van der Waals surface area contributed by atoms with Gasteiger partial charge in [0.2, 0.25) is 11.8 Å². The summed E-state index contributed by atoms with van der Waals surface area (Å²) in [5, 5.41) is 0. The van der Waals surface area contributed by atoms with E-state index in [-0.39, 0.29) is 11.7 Å². The third-order valence-corrected chi connectivity index (χ3v) is 4.15. The molecule has 0 unspecified atom stereocenters. The van der Waals surface area contributed by atoms with Gasteiger partial charge < -0.3 is 9.64 Å². The molecule has 0 radical (unpaired) electrons. The molecule has 1 aromatic carbocycles. The summed E-state index contributed by atoms with van der Waals surface area (Å²) in [6.07, 6.45) is 8.41. The first-order chi connectivity index (χ1) is 12.2. The number of rotatable bonds is 5. The van der Waals surface area contributed by atoms with Gasteiger partial charge in [-0.3, -0.25) is 4.79 Å². The molecule has 5 heteroatoms. The molecular weight excluding hydrogens is 319 g/mol. The van der Waals surface area contributed by atoms with E-state index < -0.39 is 0 Å². The lowest BCUT2D eigenvalue weighted by atomic mass is 10.1. The predicted molar refractivity (Wildman–Crippen MR) is 94.4 cm³/mol. The first kappa shape index (κ1) is 17.1. The van der Waals surface area contributed by atoms with Crippen LogP contribution in [0.1, 0.15) is 30.4 Å². The quantitative estimate of drug-likeness (QED) is 0.777. The average molecular weight is 340 g/mol. The number of halogens is 1. The monoisotopic (exact) mass is 340 g/mol. The van der Waals surface area contributed by atoms with Crippen LogP contribution in [0.2, 0.25) is 0 Å². The Labute approximate surface area is 146 Å². The highest BCUT2D eigenvalue weighted by Crippen LogP contribution is 2.13. The third kappa shape index (κ3) is 5.14. The normalized spacial score (nSPS) is 14.7. The van der Waals surface area contributed by atoms with E-state index in [1.807, 2.05) is 11.0 Å². The van der Waals surface area contributed by atoms with E-state index >= 15 is 0 Å². The van der Waals surface area contributed by atoms with Gasteiger partial charge in [0.25, 0.3) is 0 Å². The molecule has 1 aliphatic heterocycles. The molecule has 0 bridgehead atoms. The van der Waals surface area contributed by atoms with Gasteiger partial charge >= 0.3 is 0 Å². The minimum atomic E-state index is -0.267. The molecule has 2 aromatic rings. The van der Waals surface area contributed by atoms with Crippen molar-refractivity contribution in [2.75, 3.05) is 13.1 Å². The smallest absolute Gasteiger partial charge is 0.246 e. The summed E-state index contributed by atoms with van der Waals surface area (Å²) >= 11 is 0. The number of carbonyl (C=O) groups is 1. The van der Waals surface area contributed by atoms with E-state index in [0.29, 0.717) is 12.5 Å². The zero-order valence-electron chi connectivity index (χ0n) is 14.0. The van der Waals surface area contributed by atoms with Crippen LogP contribution in [0.5, 0.6) is 5.88 Å². The lowest BCUT2D eigenvalue weighted by Crippen LogP contribution is -2.34. The lowest BCUT2D eigenvalue weighted by molar-refractivity contribution is -0.126. The maximum absolute atomic E-state index is 12.9. The van der Waals surface area contributed by atoms with Crippen molar-refractivity contribution < 1.29 is 13.9 Å². The van der Waals surface area contributed by atoms with Crippen LogP contribution in [-0.2, 0) is 11.4 Å². The molecular formula is C20H21FN2O2. The second kappa shape index (κ2) is 8.42. The van der Waals surface area contributed by atoms with Crippen molar-refractivity contribution in [2.24, 2.45) is 0 Å². The molecule has 0 N–H and O–H groups in total. The molecule has 1 amide bonds. The molecule has 130 valence electrons. The highest BCUT2D eigenvalue weighted by atomic mass is 19.1. The Morgan fingerprint density at radius 3 is 2.56 bits per heavy atom. The van der Waals surface area contributed by atoms with Crippen LogP contribution in [0.25, 0.3) is 6.08 Å². The zero-order valence-corrected chi connectivity index (χ0v) is 14.0. The zero-order chi connectivity index (χ0) is 17.5. The first-order valence-corrected chi connectivity index (χ1v) is 8.51. The molecule has 0 atom stereocenters. The Balaban J connectivity index is 1.52. The summed E-state index contributed by atoms with van der Waals surface area (Å²) < 4.78 is 18.4. The summed E-state index contributed by atoms with van der Waals surface area (Å²) in [6, 6.07) is 9.78. The van der Waals surface area contributed by atoms with Crippen molar-refractivity contribution in [3.05, 3.63) is 65.6 Å². The molecule has 1 saturated heterocycles. The van der Waals surface area contributed by atoms with Crippen LogP contribution < -0.4 is 4.74 Å². The van der Waals surface area contributed by atoms with Crippen LogP contribution in [-0.4, -0.2) is 28.9 Å². The highest BCUT2D eigenvalue weighted by Gasteiger charge is 2.13. The second-order valence-corrected chi connectivity index (χ2v) is 6.06. The van der Waals surface area contributed by atoms with Gasteiger partial charge in [-0.2, -0.15) is 0 Å². The van der Waals surface area contributed by atoms with Gasteiger partial charge in [-0.15, -0.1) is 0 Å². The first-order valence-electron chi connectivity index (χ1n) is 8.51. The van der Waals surface area contributed by atoms with E-state index in [0.717, 1.165) is 37.1 Å². The molecule has 1 aliphatic rings. The Morgan fingerprint density at radius 1 is 1.12 bits per heavy atom. The van der Waals surface area contributed by atoms with Crippen molar-refractivity contribution in [3.8, 4) is 5.88 Å². The number of nitrogens with zero attached hydrogens (tertiary/aromatic N) is 2. The predicted octanol–water partition coefficient (Wildman–Crippen LogP) is 3.83. The molecule has 0 aliphatic carbocycles. The Morgan fingerprint density at radius 2 is 1.88 bits per heavy atom. The fraction of sp³-hybridized carbons (Fsp3) is 0.300. The van der Waals surface area contributed by atoms with Gasteiger partial charge in [0.1, 0.15) is 12.4 Å². The molecule has 3 rings (SSSR count). The number of ether oxygens (including phenoxy) is 1. The average Bonchev–Trinajstić information content (AvgIpc) is 2.67. The Bertz CT molecular complexity index is 720. The number of carbonyl (C=O) groups excluding carboxylic acids is 1. The van der Waals surface area contributed by atoms with Gasteiger partial charge in [0.15, 0.2) is 0 Å². The number of aromatic nitrogens is 1. The summed E-state index contributed by atoms with van der Waals surface area (Å²) in [6.45, 7) is 2.02. The Kier molecular flexibility index (Phi) is 5.77. The van der Waals surface area contributed by atoms with Crippen LogP contribution in [0.15, 0.2) is 48.7 Å². The maximum Gasteiger partial charge on any atom is 0.246 e. The molecule has 0 saturated carbocycles. The van der Waals surface area contributed by atoms with Gasteiger partial charge in [-0.05, 0) is 54.7 Å². The molecule has 4 nitrogen and oxygen atoms in total. The van der Waals surface area contributed by atoms with E-state index in [9.17, 15) is 9.18 Å². The van der Waals surface area contributed by atoms with E-state index in [4.69, 9.17) is 4.74 Å². The molecule has 1 aromatic heterocycles. The van der Waals surface area contributed by atoms with Crippen molar-refractivity contribution in [1.29, 1.82) is 0 Å². The highest BCUT2D eigenvalue weighted by molar-refractivity contribution is 5.91. The number of hydrogen-bond donors (Lipinski definition) is 0. The standard InChI is InChI=1S/C20H21FN2O2/c21-18-8-4-17(5-9-18)15-25-19-10-6-16(14-22-19)7-11-20(24)23-12-2-1-3-13-23/h4-11,14H,1-3,12-13,15H2/b11-7+. The van der Waals surface area contributed by atoms with Crippen LogP contribution in [0.4, 0.5) is 4.39 Å². The maximum atomic E-state index is 12.9. The summed E-state index contributed by atoms with van der Waals surface area (Å²) in [5.41, 5.74) is 1.72. The van der Waals surface area contributed by atoms with Gasteiger partial charge in [0, 0.05) is 31.4 Å². The fourth-order valence-electron chi connectivity index (χ4n) is 2.70. The number of likely N-dealkylation sites (tertiary alicyclic amines) is 1. The minimum absolute atomic E-state index is 0.0522. The number of benzene rings is 1. The van der Waals surface area contributed by atoms with Gasteiger partial charge in [-0.1, -0.05) is 12.1 Å². The minimum Gasteiger partial charge on any atom is -0.473 e. The van der Waals surface area contributed by atoms with Crippen molar-refractivity contribution in [1.82, 2.24) is 9.88 Å². The number of hydrogen-bond acceptors (Lipinski definition) is 3. The summed E-state index contributed by atoms with van der Waals surface area (Å²) in [7, 11) is 0. The molecule has 25 heavy (non-hydrogen) atoms. The lowest BCUT2D eigenvalue weighted by Gasteiger charge is -2.25.